The van der Waals surface area contributed by atoms with E-state index in [0.717, 1.165) is 12.8 Å². The first-order valence-electron chi connectivity index (χ1n) is 7.82. The minimum atomic E-state index is -1.24. The number of fused-ring (bicyclic) bond motifs is 1. The van der Waals surface area contributed by atoms with Crippen molar-refractivity contribution in [1.29, 1.82) is 0 Å². The van der Waals surface area contributed by atoms with Gasteiger partial charge in [-0.15, -0.1) is 0 Å². The number of hydrogen-bond donors (Lipinski definition) is 5. The molecular formula is C16H24N2O4. The van der Waals surface area contributed by atoms with Crippen LogP contribution in [0.5, 0.6) is 0 Å². The van der Waals surface area contributed by atoms with Crippen LogP contribution >= 0.6 is 0 Å². The Labute approximate surface area is 130 Å². The Kier molecular flexibility index (Phi) is 4.77. The second-order valence-electron chi connectivity index (χ2n) is 6.25. The summed E-state index contributed by atoms with van der Waals surface area (Å²) in [6.07, 6.45) is -2.03. The molecule has 2 aliphatic rings. The van der Waals surface area contributed by atoms with Gasteiger partial charge in [0.05, 0.1) is 18.8 Å². The van der Waals surface area contributed by atoms with Gasteiger partial charge < -0.3 is 20.4 Å². The summed E-state index contributed by atoms with van der Waals surface area (Å²) in [6.45, 7) is 0.401. The van der Waals surface area contributed by atoms with Gasteiger partial charge in [-0.3, -0.25) is 10.2 Å². The summed E-state index contributed by atoms with van der Waals surface area (Å²) in [5.74, 6) is 0. The maximum Gasteiger partial charge on any atom is 0.111 e. The maximum absolute atomic E-state index is 10.1. The van der Waals surface area contributed by atoms with Gasteiger partial charge in [0.15, 0.2) is 0 Å². The number of nitrogens with one attached hydrogen (secondary N) is 1. The molecule has 2 heterocycles. The van der Waals surface area contributed by atoms with Gasteiger partial charge in [0.1, 0.15) is 18.3 Å². The van der Waals surface area contributed by atoms with Gasteiger partial charge in [-0.05, 0) is 18.4 Å². The summed E-state index contributed by atoms with van der Waals surface area (Å²) in [4.78, 5) is 1.87. The molecule has 6 heteroatoms. The topological polar surface area (TPSA) is 96.2 Å². The molecule has 1 aromatic rings. The number of aliphatic hydroxyl groups excluding tert-OH is 4. The standard InChI is InChI=1S/C16H24N2O4/c19-9-12-13(20)14(21)15(22)16-17-11(8-18(12)16)7-6-10-4-2-1-3-5-10/h1-5,11-17,19-22H,6-9H2/t11?,12-,13-,14+,15-,16?/m1/s1. The van der Waals surface area contributed by atoms with Crippen LogP contribution in [0.3, 0.4) is 0 Å². The fourth-order valence-electron chi connectivity index (χ4n) is 3.58. The Hall–Kier alpha value is -1.02. The summed E-state index contributed by atoms with van der Waals surface area (Å²) < 4.78 is 0. The minimum absolute atomic E-state index is 0.159. The van der Waals surface area contributed by atoms with Crippen molar-refractivity contribution in [2.24, 2.45) is 0 Å². The summed E-state index contributed by atoms with van der Waals surface area (Å²) >= 11 is 0. The molecular weight excluding hydrogens is 284 g/mol. The van der Waals surface area contributed by atoms with Gasteiger partial charge in [-0.25, -0.2) is 0 Å². The molecule has 3 rings (SSSR count). The quantitative estimate of drug-likeness (QED) is 0.473. The summed E-state index contributed by atoms with van der Waals surface area (Å²) in [5, 5.41) is 42.9. The Balaban J connectivity index is 1.64. The molecule has 0 spiro atoms. The molecule has 6 nitrogen and oxygen atoms in total. The zero-order valence-electron chi connectivity index (χ0n) is 12.4. The van der Waals surface area contributed by atoms with Crippen LogP contribution < -0.4 is 5.32 Å². The van der Waals surface area contributed by atoms with Gasteiger partial charge in [-0.2, -0.15) is 0 Å². The molecule has 5 N–H and O–H groups in total. The third kappa shape index (κ3) is 2.90. The van der Waals surface area contributed by atoms with Gasteiger partial charge in [-0.1, -0.05) is 30.3 Å². The van der Waals surface area contributed by atoms with Crippen molar-refractivity contribution in [1.82, 2.24) is 10.2 Å². The Morgan fingerprint density at radius 1 is 1.05 bits per heavy atom. The van der Waals surface area contributed by atoms with Crippen molar-refractivity contribution in [2.45, 2.75) is 49.4 Å². The van der Waals surface area contributed by atoms with Crippen LogP contribution in [0.15, 0.2) is 30.3 Å². The molecule has 122 valence electrons. The highest BCUT2D eigenvalue weighted by atomic mass is 16.4. The van der Waals surface area contributed by atoms with Crippen molar-refractivity contribution < 1.29 is 20.4 Å². The Bertz CT molecular complexity index is 486. The number of rotatable bonds is 4. The molecule has 0 aromatic heterocycles. The molecule has 2 saturated heterocycles. The summed E-state index contributed by atoms with van der Waals surface area (Å²) in [5.41, 5.74) is 1.26. The fourth-order valence-corrected chi connectivity index (χ4v) is 3.58. The number of aryl methyl sites for hydroxylation is 1. The molecule has 2 unspecified atom stereocenters. The van der Waals surface area contributed by atoms with E-state index in [9.17, 15) is 20.4 Å². The molecule has 22 heavy (non-hydrogen) atoms. The summed E-state index contributed by atoms with van der Waals surface area (Å²) in [6, 6.07) is 9.80. The predicted octanol–water partition coefficient (Wildman–Crippen LogP) is -1.32. The lowest BCUT2D eigenvalue weighted by Crippen LogP contribution is -2.67. The second-order valence-corrected chi connectivity index (χ2v) is 6.25. The highest BCUT2D eigenvalue weighted by molar-refractivity contribution is 5.15. The summed E-state index contributed by atoms with van der Waals surface area (Å²) in [7, 11) is 0. The van der Waals surface area contributed by atoms with Gasteiger partial charge in [0.25, 0.3) is 0 Å². The third-order valence-corrected chi connectivity index (χ3v) is 4.85. The molecule has 1 aromatic carbocycles. The van der Waals surface area contributed by atoms with Crippen LogP contribution in [-0.2, 0) is 6.42 Å². The lowest BCUT2D eigenvalue weighted by Gasteiger charge is -2.45. The van der Waals surface area contributed by atoms with E-state index in [1.54, 1.807) is 0 Å². The lowest BCUT2D eigenvalue weighted by atomic mass is 9.92. The number of aliphatic hydroxyl groups is 4. The molecule has 6 atom stereocenters. The van der Waals surface area contributed by atoms with E-state index < -0.39 is 30.5 Å². The van der Waals surface area contributed by atoms with Crippen molar-refractivity contribution in [3.05, 3.63) is 35.9 Å². The SMILES string of the molecule is OC[C@@H]1[C@@H](O)[C@H](O)[C@@H](O)C2NC(CCc3ccccc3)CN21. The van der Waals surface area contributed by atoms with Gasteiger partial charge >= 0.3 is 0 Å². The molecule has 0 saturated carbocycles. The van der Waals surface area contributed by atoms with E-state index in [2.05, 4.69) is 17.4 Å². The number of hydrogen-bond acceptors (Lipinski definition) is 6. The van der Waals surface area contributed by atoms with E-state index in [4.69, 9.17) is 0 Å². The van der Waals surface area contributed by atoms with E-state index in [1.165, 1.54) is 5.56 Å². The average molecular weight is 308 g/mol. The third-order valence-electron chi connectivity index (χ3n) is 4.85. The maximum atomic E-state index is 10.1. The van der Waals surface area contributed by atoms with E-state index >= 15 is 0 Å². The Morgan fingerprint density at radius 3 is 2.45 bits per heavy atom. The van der Waals surface area contributed by atoms with Crippen LogP contribution in [0.4, 0.5) is 0 Å². The fraction of sp³-hybridized carbons (Fsp3) is 0.625. The largest absolute Gasteiger partial charge is 0.395 e. The highest BCUT2D eigenvalue weighted by Crippen LogP contribution is 2.28. The predicted molar refractivity (Wildman–Crippen MR) is 81.1 cm³/mol. The van der Waals surface area contributed by atoms with E-state index in [-0.39, 0.29) is 12.6 Å². The first-order chi connectivity index (χ1) is 10.6. The van der Waals surface area contributed by atoms with E-state index in [0.29, 0.717) is 6.54 Å². The smallest absolute Gasteiger partial charge is 0.111 e. The van der Waals surface area contributed by atoms with Crippen molar-refractivity contribution in [3.8, 4) is 0 Å². The van der Waals surface area contributed by atoms with Crippen LogP contribution in [0, 0.1) is 0 Å². The number of nitrogens with zero attached hydrogens (tertiary/aromatic N) is 1. The van der Waals surface area contributed by atoms with Crippen LogP contribution in [-0.4, -0.2) is 75.0 Å². The van der Waals surface area contributed by atoms with Crippen LogP contribution in [0.1, 0.15) is 12.0 Å². The normalized spacial score (nSPS) is 38.9. The molecule has 2 aliphatic heterocycles. The lowest BCUT2D eigenvalue weighted by molar-refractivity contribution is -0.164. The van der Waals surface area contributed by atoms with Crippen molar-refractivity contribution >= 4 is 0 Å². The zero-order chi connectivity index (χ0) is 15.7. The average Bonchev–Trinajstić information content (AvgIpc) is 2.96. The van der Waals surface area contributed by atoms with Gasteiger partial charge in [0, 0.05) is 12.6 Å². The Morgan fingerprint density at radius 2 is 1.77 bits per heavy atom. The second kappa shape index (κ2) is 6.62. The van der Waals surface area contributed by atoms with Crippen molar-refractivity contribution in [3.63, 3.8) is 0 Å². The van der Waals surface area contributed by atoms with E-state index in [1.807, 2.05) is 23.1 Å². The molecule has 0 aliphatic carbocycles. The minimum Gasteiger partial charge on any atom is -0.395 e. The monoisotopic (exact) mass is 308 g/mol. The number of benzene rings is 1. The molecule has 2 fully saturated rings. The van der Waals surface area contributed by atoms with Crippen LogP contribution in [0.25, 0.3) is 0 Å². The molecule has 0 bridgehead atoms. The van der Waals surface area contributed by atoms with Crippen LogP contribution in [0.2, 0.25) is 0 Å². The first-order valence-corrected chi connectivity index (χ1v) is 7.82. The molecule has 0 amide bonds. The van der Waals surface area contributed by atoms with Crippen molar-refractivity contribution in [2.75, 3.05) is 13.2 Å². The first kappa shape index (κ1) is 15.9. The van der Waals surface area contributed by atoms with Gasteiger partial charge in [0.2, 0.25) is 0 Å². The highest BCUT2D eigenvalue weighted by Gasteiger charge is 2.51. The zero-order valence-corrected chi connectivity index (χ0v) is 12.4. The number of piperidine rings is 1. The molecule has 0 radical (unpaired) electrons.